The maximum Gasteiger partial charge on any atom is 1.00 e. The van der Waals surface area contributed by atoms with E-state index < -0.39 is 5.97 Å². The Labute approximate surface area is 103 Å². The monoisotopic (exact) mass is 198 g/mol. The molecule has 0 unspecified atom stereocenters. The summed E-state index contributed by atoms with van der Waals surface area (Å²) in [4.78, 5) is 14.4. The first kappa shape index (κ1) is 11.2. The van der Waals surface area contributed by atoms with Gasteiger partial charge in [0.1, 0.15) is 0 Å². The van der Waals surface area contributed by atoms with E-state index in [4.69, 9.17) is 0 Å². The zero-order valence-electron chi connectivity index (χ0n) is 7.80. The minimum absolute atomic E-state index is 0. The molecule has 5 heteroatoms. The van der Waals surface area contributed by atoms with Crippen LogP contribution in [0.4, 0.5) is 0 Å². The van der Waals surface area contributed by atoms with Gasteiger partial charge >= 0.3 is 29.6 Å². The van der Waals surface area contributed by atoms with Crippen molar-refractivity contribution in [3.8, 4) is 0 Å². The van der Waals surface area contributed by atoms with Crippen molar-refractivity contribution in [1.29, 1.82) is 0 Å². The van der Waals surface area contributed by atoms with Gasteiger partial charge < -0.3 is 14.5 Å². The van der Waals surface area contributed by atoms with E-state index in [-0.39, 0.29) is 36.1 Å². The smallest absolute Gasteiger partial charge is 0.548 e. The predicted molar refractivity (Wildman–Crippen MR) is 44.7 cm³/mol. The van der Waals surface area contributed by atoms with Crippen LogP contribution in [-0.4, -0.2) is 15.5 Å². The number of rotatable bonds is 2. The number of aromatic nitrogens is 2. The largest absolute Gasteiger partial charge is 1.00 e. The van der Waals surface area contributed by atoms with Gasteiger partial charge in [0, 0.05) is 0 Å². The van der Waals surface area contributed by atoms with Crippen molar-refractivity contribution in [3.05, 3.63) is 30.6 Å². The van der Waals surface area contributed by atoms with Crippen molar-refractivity contribution < 1.29 is 39.5 Å². The third kappa shape index (κ3) is 2.15. The zero-order chi connectivity index (χ0) is 9.26. The molecule has 0 N–H and O–H groups in total. The molecule has 2 rings (SSSR count). The van der Waals surface area contributed by atoms with Crippen LogP contribution < -0.4 is 34.7 Å². The summed E-state index contributed by atoms with van der Waals surface area (Å²) in [5.41, 5.74) is 1.61. The molecule has 0 saturated heterocycles. The number of hydrogen-bond donors (Lipinski definition) is 0. The summed E-state index contributed by atoms with van der Waals surface area (Å²) in [5, 5.41) is 10.4. The molecule has 0 saturated carbocycles. The Hall–Kier alpha value is -0.840. The normalized spacial score (nSPS) is 9.71. The van der Waals surface area contributed by atoms with E-state index in [0.29, 0.717) is 0 Å². The number of carbonyl (C=O) groups excluding carboxylic acids is 1. The first-order chi connectivity index (χ1) is 6.27. The predicted octanol–water partition coefficient (Wildman–Crippen LogP) is -3.21. The Morgan fingerprint density at radius 1 is 1.43 bits per heavy atom. The molecule has 1 aromatic carbocycles. The van der Waals surface area contributed by atoms with Gasteiger partial charge in [0.05, 0.1) is 29.9 Å². The van der Waals surface area contributed by atoms with Crippen LogP contribution in [0.15, 0.2) is 30.6 Å². The minimum Gasteiger partial charge on any atom is -0.548 e. The van der Waals surface area contributed by atoms with Gasteiger partial charge in [-0.05, 0) is 12.1 Å². The van der Waals surface area contributed by atoms with E-state index >= 15 is 0 Å². The Kier molecular flexibility index (Phi) is 3.69. The van der Waals surface area contributed by atoms with Crippen molar-refractivity contribution in [2.24, 2.45) is 0 Å². The molecule has 1 heterocycles. The summed E-state index contributed by atoms with van der Waals surface area (Å²) in [6.07, 6.45) is 1.50. The molecule has 0 aliphatic heterocycles. The third-order valence-corrected chi connectivity index (χ3v) is 1.83. The van der Waals surface area contributed by atoms with Gasteiger partial charge in [-0.2, -0.15) is 0 Å². The molecule has 0 amide bonds. The fourth-order valence-electron chi connectivity index (χ4n) is 1.28. The van der Waals surface area contributed by atoms with Crippen LogP contribution in [0.5, 0.6) is 0 Å². The van der Waals surface area contributed by atoms with Crippen LogP contribution in [0.2, 0.25) is 0 Å². The number of carboxylic acids is 1. The van der Waals surface area contributed by atoms with E-state index in [0.717, 1.165) is 11.0 Å². The summed E-state index contributed by atoms with van der Waals surface area (Å²) >= 11 is 0. The molecular formula is C9H7N2NaO2. The SMILES string of the molecule is O=C([O-])Cn1cnc2ccccc21.[Na+]. The van der Waals surface area contributed by atoms with Crippen LogP contribution in [0, 0.1) is 0 Å². The van der Waals surface area contributed by atoms with Crippen LogP contribution in [0.3, 0.4) is 0 Å². The van der Waals surface area contributed by atoms with E-state index in [1.807, 2.05) is 24.3 Å². The van der Waals surface area contributed by atoms with E-state index in [1.165, 1.54) is 6.33 Å². The van der Waals surface area contributed by atoms with Crippen molar-refractivity contribution in [1.82, 2.24) is 9.55 Å². The molecule has 4 nitrogen and oxygen atoms in total. The molecular weight excluding hydrogens is 191 g/mol. The van der Waals surface area contributed by atoms with Gasteiger partial charge in [0.15, 0.2) is 0 Å². The number of aliphatic carboxylic acids is 1. The van der Waals surface area contributed by atoms with Gasteiger partial charge in [-0.15, -0.1) is 0 Å². The standard InChI is InChI=1S/C9H8N2O2.Na/c12-9(13)5-11-6-10-7-3-1-2-4-8(7)11;/h1-4,6H,5H2,(H,12,13);/q;+1/p-1. The summed E-state index contributed by atoms with van der Waals surface area (Å²) in [6.45, 7) is -0.152. The fraction of sp³-hybridized carbons (Fsp3) is 0.111. The van der Waals surface area contributed by atoms with Crippen LogP contribution in [0.25, 0.3) is 11.0 Å². The summed E-state index contributed by atoms with van der Waals surface area (Å²) in [5.74, 6) is -1.11. The molecule has 0 aliphatic rings. The number of nitrogens with zero attached hydrogens (tertiary/aromatic N) is 2. The van der Waals surface area contributed by atoms with Crippen LogP contribution in [-0.2, 0) is 11.3 Å². The number of hydrogen-bond acceptors (Lipinski definition) is 3. The maximum absolute atomic E-state index is 10.4. The molecule has 2 aromatic rings. The zero-order valence-corrected chi connectivity index (χ0v) is 9.80. The fourth-order valence-corrected chi connectivity index (χ4v) is 1.28. The molecule has 0 spiro atoms. The molecule has 14 heavy (non-hydrogen) atoms. The van der Waals surface area contributed by atoms with Crippen LogP contribution >= 0.6 is 0 Å². The van der Waals surface area contributed by atoms with E-state index in [9.17, 15) is 9.90 Å². The van der Waals surface area contributed by atoms with Crippen molar-refractivity contribution >= 4 is 17.0 Å². The molecule has 66 valence electrons. The quantitative estimate of drug-likeness (QED) is 0.477. The van der Waals surface area contributed by atoms with Crippen molar-refractivity contribution in [3.63, 3.8) is 0 Å². The van der Waals surface area contributed by atoms with Gasteiger partial charge in [0.25, 0.3) is 0 Å². The van der Waals surface area contributed by atoms with Crippen molar-refractivity contribution in [2.45, 2.75) is 6.54 Å². The van der Waals surface area contributed by atoms with Crippen LogP contribution in [0.1, 0.15) is 0 Å². The summed E-state index contributed by atoms with van der Waals surface area (Å²) in [7, 11) is 0. The maximum atomic E-state index is 10.4. The second-order valence-corrected chi connectivity index (χ2v) is 2.73. The Morgan fingerprint density at radius 3 is 2.86 bits per heavy atom. The summed E-state index contributed by atoms with van der Waals surface area (Å²) in [6, 6.07) is 7.36. The topological polar surface area (TPSA) is 57.9 Å². The number of para-hydroxylation sites is 2. The Morgan fingerprint density at radius 2 is 2.14 bits per heavy atom. The second kappa shape index (κ2) is 4.59. The molecule has 0 fully saturated rings. The third-order valence-electron chi connectivity index (χ3n) is 1.83. The van der Waals surface area contributed by atoms with Gasteiger partial charge in [0.2, 0.25) is 0 Å². The van der Waals surface area contributed by atoms with E-state index in [2.05, 4.69) is 4.98 Å². The molecule has 0 radical (unpaired) electrons. The summed E-state index contributed by atoms with van der Waals surface area (Å²) < 4.78 is 1.55. The molecule has 1 aromatic heterocycles. The average Bonchev–Trinajstić information content (AvgIpc) is 2.48. The number of benzene rings is 1. The first-order valence-corrected chi connectivity index (χ1v) is 3.87. The second-order valence-electron chi connectivity index (χ2n) is 2.73. The average molecular weight is 198 g/mol. The first-order valence-electron chi connectivity index (χ1n) is 3.87. The molecule has 0 bridgehead atoms. The minimum atomic E-state index is -1.11. The Balaban J connectivity index is 0.000000980. The van der Waals surface area contributed by atoms with E-state index in [1.54, 1.807) is 4.57 Å². The molecule has 0 atom stereocenters. The number of carboxylic acid groups (broad SMARTS) is 1. The van der Waals surface area contributed by atoms with Gasteiger partial charge in [-0.25, -0.2) is 4.98 Å². The number of imidazole rings is 1. The number of fused-ring (bicyclic) bond motifs is 1. The number of carbonyl (C=O) groups is 1. The van der Waals surface area contributed by atoms with Gasteiger partial charge in [-0.3, -0.25) is 0 Å². The van der Waals surface area contributed by atoms with Gasteiger partial charge in [-0.1, -0.05) is 12.1 Å². The Bertz CT molecular complexity index is 453. The van der Waals surface area contributed by atoms with Crippen molar-refractivity contribution in [2.75, 3.05) is 0 Å². The molecule has 0 aliphatic carbocycles.